The van der Waals surface area contributed by atoms with E-state index in [4.69, 9.17) is 9.47 Å². The van der Waals surface area contributed by atoms with Gasteiger partial charge in [-0.15, -0.1) is 10.2 Å². The minimum atomic E-state index is -0.170. The standard InChI is InChI=1S/C22H24N4O3/c1-3-28-18-14-17-12-15(2)29-19(17)13-16(18)7-8-22(27)23-10-9-21-25-24-20-6-4-5-11-26(20)21/h4-8,11,13-15H,3,9-10,12H2,1-2H3,(H,23,27)/b8-7+. The summed E-state index contributed by atoms with van der Waals surface area (Å²) >= 11 is 0. The van der Waals surface area contributed by atoms with Crippen LogP contribution in [0.15, 0.2) is 42.6 Å². The van der Waals surface area contributed by atoms with E-state index in [1.165, 1.54) is 6.08 Å². The number of nitrogens with one attached hydrogen (secondary N) is 1. The van der Waals surface area contributed by atoms with Crippen molar-refractivity contribution in [3.63, 3.8) is 0 Å². The van der Waals surface area contributed by atoms with Crippen molar-refractivity contribution in [2.75, 3.05) is 13.2 Å². The third-order valence-electron chi connectivity index (χ3n) is 4.77. The molecule has 1 N–H and O–H groups in total. The number of hydrogen-bond acceptors (Lipinski definition) is 5. The Morgan fingerprint density at radius 2 is 2.28 bits per heavy atom. The van der Waals surface area contributed by atoms with Crippen LogP contribution in [0.1, 0.15) is 30.8 Å². The van der Waals surface area contributed by atoms with E-state index in [0.29, 0.717) is 19.6 Å². The quantitative estimate of drug-likeness (QED) is 0.626. The predicted molar refractivity (Wildman–Crippen MR) is 110 cm³/mol. The van der Waals surface area contributed by atoms with Crippen molar-refractivity contribution in [1.82, 2.24) is 19.9 Å². The Balaban J connectivity index is 1.38. The molecule has 1 aliphatic heterocycles. The van der Waals surface area contributed by atoms with Gasteiger partial charge in [-0.05, 0) is 44.2 Å². The first-order valence-electron chi connectivity index (χ1n) is 9.85. The van der Waals surface area contributed by atoms with Gasteiger partial charge in [-0.3, -0.25) is 9.20 Å². The molecule has 7 nitrogen and oxygen atoms in total. The fourth-order valence-corrected chi connectivity index (χ4v) is 3.45. The molecule has 1 aliphatic rings. The molecule has 29 heavy (non-hydrogen) atoms. The molecule has 0 saturated carbocycles. The van der Waals surface area contributed by atoms with Crippen LogP contribution in [0.5, 0.6) is 11.5 Å². The number of ether oxygens (including phenoxy) is 2. The highest BCUT2D eigenvalue weighted by Gasteiger charge is 2.21. The number of nitrogens with zero attached hydrogens (tertiary/aromatic N) is 3. The Labute approximate surface area is 169 Å². The van der Waals surface area contributed by atoms with Gasteiger partial charge in [0, 0.05) is 42.8 Å². The van der Waals surface area contributed by atoms with Crippen molar-refractivity contribution in [2.24, 2.45) is 0 Å². The van der Waals surface area contributed by atoms with Crippen LogP contribution in [0.4, 0.5) is 0 Å². The molecule has 4 rings (SSSR count). The Morgan fingerprint density at radius 3 is 3.14 bits per heavy atom. The number of carbonyl (C=O) groups excluding carboxylic acids is 1. The van der Waals surface area contributed by atoms with E-state index in [1.807, 2.05) is 54.8 Å². The van der Waals surface area contributed by atoms with Crippen molar-refractivity contribution in [3.05, 3.63) is 59.6 Å². The van der Waals surface area contributed by atoms with Crippen LogP contribution in [0.3, 0.4) is 0 Å². The third-order valence-corrected chi connectivity index (χ3v) is 4.77. The molecule has 1 unspecified atom stereocenters. The molecule has 150 valence electrons. The summed E-state index contributed by atoms with van der Waals surface area (Å²) in [6.07, 6.45) is 6.83. The first-order chi connectivity index (χ1) is 14.1. The lowest BCUT2D eigenvalue weighted by Gasteiger charge is -2.10. The van der Waals surface area contributed by atoms with Gasteiger partial charge < -0.3 is 14.8 Å². The molecule has 0 fully saturated rings. The second-order valence-corrected chi connectivity index (χ2v) is 6.98. The Morgan fingerprint density at radius 1 is 1.38 bits per heavy atom. The fraction of sp³-hybridized carbons (Fsp3) is 0.318. The van der Waals surface area contributed by atoms with Gasteiger partial charge in [-0.25, -0.2) is 0 Å². The van der Waals surface area contributed by atoms with E-state index in [0.717, 1.165) is 40.5 Å². The molecule has 3 aromatic rings. The van der Waals surface area contributed by atoms with Gasteiger partial charge in [0.25, 0.3) is 0 Å². The van der Waals surface area contributed by atoms with E-state index in [9.17, 15) is 4.79 Å². The lowest BCUT2D eigenvalue weighted by Crippen LogP contribution is -2.24. The SMILES string of the molecule is CCOc1cc2c(cc1/C=C/C(=O)NCCc1nnc3ccccn13)OC(C)C2. The second kappa shape index (κ2) is 8.34. The van der Waals surface area contributed by atoms with Gasteiger partial charge in [0.15, 0.2) is 5.65 Å². The Bertz CT molecular complexity index is 1060. The van der Waals surface area contributed by atoms with Gasteiger partial charge >= 0.3 is 0 Å². The van der Waals surface area contributed by atoms with E-state index < -0.39 is 0 Å². The van der Waals surface area contributed by atoms with Crippen molar-refractivity contribution >= 4 is 17.6 Å². The lowest BCUT2D eigenvalue weighted by molar-refractivity contribution is -0.116. The molecular weight excluding hydrogens is 368 g/mol. The summed E-state index contributed by atoms with van der Waals surface area (Å²) < 4.78 is 13.5. The molecule has 1 atom stereocenters. The Hall–Kier alpha value is -3.35. The summed E-state index contributed by atoms with van der Waals surface area (Å²) in [5.74, 6) is 2.27. The number of amides is 1. The highest BCUT2D eigenvalue weighted by molar-refractivity contribution is 5.92. The van der Waals surface area contributed by atoms with Crippen LogP contribution < -0.4 is 14.8 Å². The van der Waals surface area contributed by atoms with Gasteiger partial charge in [0.2, 0.25) is 5.91 Å². The monoisotopic (exact) mass is 392 g/mol. The van der Waals surface area contributed by atoms with Crippen molar-refractivity contribution in [2.45, 2.75) is 32.8 Å². The van der Waals surface area contributed by atoms with E-state index in [2.05, 4.69) is 15.5 Å². The van der Waals surface area contributed by atoms with E-state index in [-0.39, 0.29) is 12.0 Å². The summed E-state index contributed by atoms with van der Waals surface area (Å²) in [5, 5.41) is 11.2. The van der Waals surface area contributed by atoms with Crippen LogP contribution in [0.25, 0.3) is 11.7 Å². The minimum Gasteiger partial charge on any atom is -0.493 e. The second-order valence-electron chi connectivity index (χ2n) is 6.98. The van der Waals surface area contributed by atoms with Gasteiger partial charge in [-0.2, -0.15) is 0 Å². The predicted octanol–water partition coefficient (Wildman–Crippen LogP) is 2.82. The minimum absolute atomic E-state index is 0.162. The summed E-state index contributed by atoms with van der Waals surface area (Å²) in [4.78, 5) is 12.3. The van der Waals surface area contributed by atoms with E-state index in [1.54, 1.807) is 6.08 Å². The molecule has 1 amide bonds. The van der Waals surface area contributed by atoms with Crippen LogP contribution in [-0.4, -0.2) is 39.8 Å². The molecule has 0 bridgehead atoms. The number of fused-ring (bicyclic) bond motifs is 2. The molecular formula is C22H24N4O3. The zero-order valence-electron chi connectivity index (χ0n) is 16.6. The molecule has 0 aliphatic carbocycles. The molecule has 1 aromatic carbocycles. The summed E-state index contributed by atoms with van der Waals surface area (Å²) in [6.45, 7) is 5.03. The highest BCUT2D eigenvalue weighted by atomic mass is 16.5. The van der Waals surface area contributed by atoms with Crippen molar-refractivity contribution < 1.29 is 14.3 Å². The summed E-state index contributed by atoms with van der Waals surface area (Å²) in [7, 11) is 0. The van der Waals surface area contributed by atoms with Crippen LogP contribution in [0.2, 0.25) is 0 Å². The third kappa shape index (κ3) is 4.23. The van der Waals surface area contributed by atoms with E-state index >= 15 is 0 Å². The highest BCUT2D eigenvalue weighted by Crippen LogP contribution is 2.35. The first-order valence-corrected chi connectivity index (χ1v) is 9.85. The normalized spacial score (nSPS) is 15.4. The number of aromatic nitrogens is 3. The zero-order valence-corrected chi connectivity index (χ0v) is 16.6. The number of hydrogen-bond donors (Lipinski definition) is 1. The summed E-state index contributed by atoms with van der Waals surface area (Å²) in [5.41, 5.74) is 2.77. The lowest BCUT2D eigenvalue weighted by atomic mass is 10.1. The average Bonchev–Trinajstić information content (AvgIpc) is 3.28. The average molecular weight is 392 g/mol. The molecule has 7 heteroatoms. The molecule has 0 saturated heterocycles. The van der Waals surface area contributed by atoms with Crippen LogP contribution >= 0.6 is 0 Å². The largest absolute Gasteiger partial charge is 0.493 e. The van der Waals surface area contributed by atoms with Crippen LogP contribution in [-0.2, 0) is 17.6 Å². The number of pyridine rings is 1. The van der Waals surface area contributed by atoms with Gasteiger partial charge in [-0.1, -0.05) is 6.07 Å². The maximum atomic E-state index is 12.3. The van der Waals surface area contributed by atoms with Gasteiger partial charge in [0.1, 0.15) is 23.4 Å². The smallest absolute Gasteiger partial charge is 0.244 e. The molecule has 0 radical (unpaired) electrons. The zero-order chi connectivity index (χ0) is 20.2. The molecule has 3 heterocycles. The van der Waals surface area contributed by atoms with Crippen molar-refractivity contribution in [1.29, 1.82) is 0 Å². The van der Waals surface area contributed by atoms with Crippen LogP contribution in [0, 0.1) is 0 Å². The van der Waals surface area contributed by atoms with Crippen molar-refractivity contribution in [3.8, 4) is 11.5 Å². The summed E-state index contributed by atoms with van der Waals surface area (Å²) in [6, 6.07) is 9.70. The Kier molecular flexibility index (Phi) is 5.46. The maximum Gasteiger partial charge on any atom is 0.244 e. The topological polar surface area (TPSA) is 77.8 Å². The molecule has 0 spiro atoms. The fourth-order valence-electron chi connectivity index (χ4n) is 3.45. The first kappa shape index (κ1) is 19.0. The number of carbonyl (C=O) groups is 1. The number of rotatable bonds is 7. The number of benzene rings is 1. The molecule has 2 aromatic heterocycles. The maximum absolute atomic E-state index is 12.3. The van der Waals surface area contributed by atoms with Gasteiger partial charge in [0.05, 0.1) is 6.61 Å².